The fourth-order valence-electron chi connectivity index (χ4n) is 4.74. The normalized spacial score (nSPS) is 10.8. The number of hydrogen-bond acceptors (Lipinski definition) is 2. The van der Waals surface area contributed by atoms with Gasteiger partial charge in [0.1, 0.15) is 5.82 Å². The van der Waals surface area contributed by atoms with Crippen LogP contribution in [0.1, 0.15) is 5.56 Å². The summed E-state index contributed by atoms with van der Waals surface area (Å²) in [7, 11) is 0. The molecule has 3 nitrogen and oxygen atoms in total. The second kappa shape index (κ2) is 8.78. The predicted molar refractivity (Wildman–Crippen MR) is 142 cm³/mol. The average Bonchev–Trinajstić information content (AvgIpc) is 3.33. The van der Waals surface area contributed by atoms with Crippen LogP contribution in [-0.4, -0.2) is 9.55 Å². The van der Waals surface area contributed by atoms with Gasteiger partial charge in [-0.1, -0.05) is 91.0 Å². The Balaban J connectivity index is 1.76. The maximum absolute atomic E-state index is 10.1. The number of nitriles is 1. The van der Waals surface area contributed by atoms with Gasteiger partial charge in [-0.05, 0) is 47.5 Å². The summed E-state index contributed by atoms with van der Waals surface area (Å²) in [6, 6.07) is 45.3. The minimum Gasteiger partial charge on any atom is -0.292 e. The van der Waals surface area contributed by atoms with E-state index in [-0.39, 0.29) is 0 Å². The van der Waals surface area contributed by atoms with Gasteiger partial charge in [0.15, 0.2) is 0 Å². The number of para-hydroxylation sites is 3. The van der Waals surface area contributed by atoms with Crippen LogP contribution in [0, 0.1) is 11.3 Å². The van der Waals surface area contributed by atoms with Crippen molar-refractivity contribution in [1.82, 2.24) is 9.55 Å². The summed E-state index contributed by atoms with van der Waals surface area (Å²) in [6.45, 7) is 0. The molecule has 0 N–H and O–H groups in total. The molecule has 0 atom stereocenters. The Bertz CT molecular complexity index is 1680. The van der Waals surface area contributed by atoms with E-state index in [4.69, 9.17) is 4.98 Å². The first-order valence-corrected chi connectivity index (χ1v) is 11.6. The van der Waals surface area contributed by atoms with Crippen LogP contribution in [0.5, 0.6) is 0 Å². The summed E-state index contributed by atoms with van der Waals surface area (Å²) >= 11 is 0. The van der Waals surface area contributed by atoms with E-state index in [0.29, 0.717) is 5.56 Å². The van der Waals surface area contributed by atoms with Crippen molar-refractivity contribution < 1.29 is 0 Å². The molecule has 0 bridgehead atoms. The molecule has 0 unspecified atom stereocenters. The first kappa shape index (κ1) is 20.7. The van der Waals surface area contributed by atoms with Crippen LogP contribution in [-0.2, 0) is 0 Å². The molecule has 0 amide bonds. The van der Waals surface area contributed by atoms with Crippen LogP contribution >= 0.6 is 0 Å². The molecule has 0 aliphatic rings. The van der Waals surface area contributed by atoms with Gasteiger partial charge in [-0.2, -0.15) is 5.26 Å². The Labute approximate surface area is 204 Å². The van der Waals surface area contributed by atoms with Crippen molar-refractivity contribution in [3.05, 3.63) is 133 Å². The van der Waals surface area contributed by atoms with Gasteiger partial charge in [0.2, 0.25) is 0 Å². The van der Waals surface area contributed by atoms with Crippen molar-refractivity contribution in [2.24, 2.45) is 0 Å². The minimum absolute atomic E-state index is 0.640. The van der Waals surface area contributed by atoms with Gasteiger partial charge in [0, 0.05) is 22.4 Å². The van der Waals surface area contributed by atoms with Gasteiger partial charge in [0.05, 0.1) is 22.7 Å². The Kier molecular flexibility index (Phi) is 5.18. The predicted octanol–water partition coefficient (Wildman–Crippen LogP) is 7.90. The summed E-state index contributed by atoms with van der Waals surface area (Å²) in [4.78, 5) is 5.12. The summed E-state index contributed by atoms with van der Waals surface area (Å²) < 4.78 is 2.21. The molecule has 0 aliphatic carbocycles. The molecule has 3 heteroatoms. The van der Waals surface area contributed by atoms with Gasteiger partial charge in [0.25, 0.3) is 0 Å². The van der Waals surface area contributed by atoms with Crippen molar-refractivity contribution in [2.75, 3.05) is 0 Å². The molecule has 1 aromatic heterocycles. The number of nitrogens with zero attached hydrogens (tertiary/aromatic N) is 3. The van der Waals surface area contributed by atoms with Gasteiger partial charge >= 0.3 is 0 Å². The van der Waals surface area contributed by atoms with E-state index < -0.39 is 0 Å². The topological polar surface area (TPSA) is 41.6 Å². The summed E-state index contributed by atoms with van der Waals surface area (Å²) in [6.07, 6.45) is 0. The maximum Gasteiger partial charge on any atom is 0.146 e. The molecule has 0 fully saturated rings. The Morgan fingerprint density at radius 2 is 1.14 bits per heavy atom. The highest BCUT2D eigenvalue weighted by molar-refractivity contribution is 5.97. The third-order valence-corrected chi connectivity index (χ3v) is 6.27. The molecule has 164 valence electrons. The minimum atomic E-state index is 0.640. The van der Waals surface area contributed by atoms with Crippen molar-refractivity contribution in [1.29, 1.82) is 5.26 Å². The molecule has 0 spiro atoms. The lowest BCUT2D eigenvalue weighted by molar-refractivity contribution is 1.10. The second-order valence-electron chi connectivity index (χ2n) is 8.35. The SMILES string of the molecule is N#Cc1ccc(-c2nc3ccccc3n2-c2ccccc2)c(-c2ccccc2)c1-c1ccccc1. The van der Waals surface area contributed by atoms with Gasteiger partial charge in [-0.15, -0.1) is 0 Å². The first-order valence-electron chi connectivity index (χ1n) is 11.6. The van der Waals surface area contributed by atoms with Crippen molar-refractivity contribution in [2.45, 2.75) is 0 Å². The fraction of sp³-hybridized carbons (Fsp3) is 0. The number of fused-ring (bicyclic) bond motifs is 1. The number of hydrogen-bond donors (Lipinski definition) is 0. The zero-order valence-corrected chi connectivity index (χ0v) is 19.0. The highest BCUT2D eigenvalue weighted by atomic mass is 15.1. The summed E-state index contributed by atoms with van der Waals surface area (Å²) in [5.41, 5.74) is 8.61. The number of benzene rings is 5. The number of aromatic nitrogens is 2. The lowest BCUT2D eigenvalue weighted by atomic mass is 9.87. The van der Waals surface area contributed by atoms with E-state index >= 15 is 0 Å². The molecule has 35 heavy (non-hydrogen) atoms. The Hall–Kier alpha value is -4.94. The van der Waals surface area contributed by atoms with E-state index in [1.807, 2.05) is 84.9 Å². The van der Waals surface area contributed by atoms with E-state index in [0.717, 1.165) is 50.4 Å². The third-order valence-electron chi connectivity index (χ3n) is 6.27. The zero-order valence-electron chi connectivity index (χ0n) is 19.0. The monoisotopic (exact) mass is 447 g/mol. The van der Waals surface area contributed by atoms with E-state index in [1.54, 1.807) is 0 Å². The lowest BCUT2D eigenvalue weighted by Crippen LogP contribution is -2.01. The number of imidazole rings is 1. The Morgan fingerprint density at radius 1 is 0.571 bits per heavy atom. The van der Waals surface area contributed by atoms with Gasteiger partial charge < -0.3 is 0 Å². The van der Waals surface area contributed by atoms with Gasteiger partial charge in [-0.3, -0.25) is 4.57 Å². The molecule has 6 aromatic rings. The van der Waals surface area contributed by atoms with Crippen LogP contribution in [0.2, 0.25) is 0 Å². The second-order valence-corrected chi connectivity index (χ2v) is 8.35. The zero-order chi connectivity index (χ0) is 23.6. The van der Waals surface area contributed by atoms with Crippen molar-refractivity contribution >= 4 is 11.0 Å². The highest BCUT2D eigenvalue weighted by Gasteiger charge is 2.22. The maximum atomic E-state index is 10.1. The molecular formula is C32H21N3. The Morgan fingerprint density at radius 3 is 1.80 bits per heavy atom. The first-order chi connectivity index (χ1) is 17.3. The lowest BCUT2D eigenvalue weighted by Gasteiger charge is -2.18. The fourth-order valence-corrected chi connectivity index (χ4v) is 4.74. The van der Waals surface area contributed by atoms with Crippen LogP contribution in [0.25, 0.3) is 50.4 Å². The molecule has 0 saturated carbocycles. The highest BCUT2D eigenvalue weighted by Crippen LogP contribution is 2.43. The van der Waals surface area contributed by atoms with Crippen LogP contribution in [0.3, 0.4) is 0 Å². The molecule has 0 aliphatic heterocycles. The molecule has 0 radical (unpaired) electrons. The van der Waals surface area contributed by atoms with E-state index in [2.05, 4.69) is 53.1 Å². The van der Waals surface area contributed by atoms with Gasteiger partial charge in [-0.25, -0.2) is 4.98 Å². The molecule has 6 rings (SSSR count). The molecule has 1 heterocycles. The quantitative estimate of drug-likeness (QED) is 0.276. The standard InChI is InChI=1S/C32H21N3/c33-22-25-20-21-27(31(24-14-6-2-7-15-24)30(25)23-12-4-1-5-13-23)32-34-28-18-10-11-19-29(28)35(32)26-16-8-3-9-17-26/h1-21H. The van der Waals surface area contributed by atoms with E-state index in [1.165, 1.54) is 0 Å². The molecule has 0 saturated heterocycles. The smallest absolute Gasteiger partial charge is 0.146 e. The van der Waals surface area contributed by atoms with E-state index in [9.17, 15) is 5.26 Å². The van der Waals surface area contributed by atoms with Crippen molar-refractivity contribution in [3.8, 4) is 45.4 Å². The average molecular weight is 448 g/mol. The summed E-state index contributed by atoms with van der Waals surface area (Å²) in [5, 5.41) is 10.1. The van der Waals surface area contributed by atoms with Crippen LogP contribution in [0.15, 0.2) is 127 Å². The third kappa shape index (κ3) is 3.58. The number of rotatable bonds is 4. The molecular weight excluding hydrogens is 426 g/mol. The largest absolute Gasteiger partial charge is 0.292 e. The van der Waals surface area contributed by atoms with Crippen LogP contribution in [0.4, 0.5) is 0 Å². The van der Waals surface area contributed by atoms with Crippen LogP contribution < -0.4 is 0 Å². The summed E-state index contributed by atoms with van der Waals surface area (Å²) in [5.74, 6) is 0.845. The van der Waals surface area contributed by atoms with Crippen molar-refractivity contribution in [3.63, 3.8) is 0 Å². The molecule has 5 aromatic carbocycles.